The van der Waals surface area contributed by atoms with Crippen LogP contribution < -0.4 is 21.9 Å². The van der Waals surface area contributed by atoms with Gasteiger partial charge in [0.25, 0.3) is 5.56 Å². The fraction of sp³-hybridized carbons (Fsp3) is 0.421. The molecule has 0 aromatic carbocycles. The summed E-state index contributed by atoms with van der Waals surface area (Å²) in [5.41, 5.74) is 4.86. The molecule has 31 heavy (non-hydrogen) atoms. The molecule has 3 heterocycles. The number of nitrogens with one attached hydrogen (secondary N) is 1. The highest BCUT2D eigenvalue weighted by Gasteiger charge is 2.24. The first kappa shape index (κ1) is 23.0. The van der Waals surface area contributed by atoms with Gasteiger partial charge >= 0.3 is 5.69 Å². The minimum absolute atomic E-state index is 0.0264. The van der Waals surface area contributed by atoms with Gasteiger partial charge in [-0.05, 0) is 17.9 Å². The first-order valence-corrected chi connectivity index (χ1v) is 11.6. The number of methoxy groups -OCH3 is 1. The summed E-state index contributed by atoms with van der Waals surface area (Å²) in [5.74, 6) is -0.348. The second-order valence-corrected chi connectivity index (χ2v) is 8.50. The Bertz CT molecular complexity index is 1170. The molecule has 0 saturated carbocycles. The van der Waals surface area contributed by atoms with Gasteiger partial charge in [0.1, 0.15) is 22.0 Å². The number of unbranched alkanes of at least 4 members (excludes halogenated alkanes) is 1. The van der Waals surface area contributed by atoms with Crippen LogP contribution in [0, 0.1) is 0 Å². The fourth-order valence-corrected chi connectivity index (χ4v) is 4.67. The van der Waals surface area contributed by atoms with Gasteiger partial charge in [-0.3, -0.25) is 19.1 Å². The molecule has 12 heteroatoms. The number of amides is 1. The largest absolute Gasteiger partial charge is 0.383 e. The molecule has 0 saturated heterocycles. The first-order chi connectivity index (χ1) is 15.0. The Morgan fingerprint density at radius 3 is 2.94 bits per heavy atom. The van der Waals surface area contributed by atoms with Crippen LogP contribution in [0.1, 0.15) is 19.8 Å². The van der Waals surface area contributed by atoms with Gasteiger partial charge in [0.15, 0.2) is 5.69 Å². The number of fused-ring (bicyclic) bond motifs is 1. The van der Waals surface area contributed by atoms with Crippen molar-refractivity contribution in [2.45, 2.75) is 31.3 Å². The topological polar surface area (TPSA) is 136 Å². The van der Waals surface area contributed by atoms with E-state index in [1.165, 1.54) is 46.0 Å². The predicted molar refractivity (Wildman–Crippen MR) is 123 cm³/mol. The van der Waals surface area contributed by atoms with E-state index in [1.807, 2.05) is 18.4 Å². The monoisotopic (exact) mass is 464 g/mol. The van der Waals surface area contributed by atoms with Crippen LogP contribution >= 0.6 is 23.1 Å². The lowest BCUT2D eigenvalue weighted by atomic mass is 10.3. The quantitative estimate of drug-likeness (QED) is 0.342. The van der Waals surface area contributed by atoms with Gasteiger partial charge in [0, 0.05) is 25.6 Å². The van der Waals surface area contributed by atoms with Gasteiger partial charge < -0.3 is 15.4 Å². The van der Waals surface area contributed by atoms with Crippen LogP contribution in [0.4, 0.5) is 11.5 Å². The van der Waals surface area contributed by atoms with Gasteiger partial charge in [-0.25, -0.2) is 14.8 Å². The summed E-state index contributed by atoms with van der Waals surface area (Å²) >= 11 is 2.75. The van der Waals surface area contributed by atoms with Gasteiger partial charge in [-0.15, -0.1) is 11.3 Å². The smallest absolute Gasteiger partial charge is 0.330 e. The second-order valence-electron chi connectivity index (χ2n) is 6.64. The SMILES string of the molecule is CCCCn1c(N)c(N(CCOC)C(=O)CSc2ncnc3sccc23)c(=O)[nH]c1=O. The number of hydrogen-bond donors (Lipinski definition) is 2. The van der Waals surface area contributed by atoms with Crippen molar-refractivity contribution < 1.29 is 9.53 Å². The van der Waals surface area contributed by atoms with E-state index >= 15 is 0 Å². The zero-order valence-electron chi connectivity index (χ0n) is 17.3. The Morgan fingerprint density at radius 1 is 1.39 bits per heavy atom. The summed E-state index contributed by atoms with van der Waals surface area (Å²) in [6, 6.07) is 1.90. The molecule has 0 radical (unpaired) electrons. The highest BCUT2D eigenvalue weighted by molar-refractivity contribution is 8.00. The third-order valence-electron chi connectivity index (χ3n) is 4.60. The number of thioether (sulfide) groups is 1. The summed E-state index contributed by atoms with van der Waals surface area (Å²) in [5, 5.41) is 3.47. The van der Waals surface area contributed by atoms with E-state index in [-0.39, 0.29) is 36.3 Å². The van der Waals surface area contributed by atoms with Crippen LogP contribution in [0.15, 0.2) is 32.4 Å². The summed E-state index contributed by atoms with van der Waals surface area (Å²) in [7, 11) is 1.50. The fourth-order valence-electron chi connectivity index (χ4n) is 3.01. The van der Waals surface area contributed by atoms with Crippen LogP contribution in [-0.4, -0.2) is 51.4 Å². The van der Waals surface area contributed by atoms with Gasteiger partial charge in [0.05, 0.1) is 12.4 Å². The van der Waals surface area contributed by atoms with Crippen LogP contribution in [-0.2, 0) is 16.1 Å². The lowest BCUT2D eigenvalue weighted by Crippen LogP contribution is -2.43. The van der Waals surface area contributed by atoms with Gasteiger partial charge in [0.2, 0.25) is 5.91 Å². The van der Waals surface area contributed by atoms with E-state index in [0.717, 1.165) is 16.6 Å². The number of carbonyl (C=O) groups excluding carboxylic acids is 1. The second kappa shape index (κ2) is 10.6. The Labute approximate surface area is 186 Å². The molecular weight excluding hydrogens is 440 g/mol. The molecule has 0 aliphatic rings. The number of carbonyl (C=O) groups is 1. The molecule has 3 aromatic rings. The molecule has 0 aliphatic heterocycles. The number of nitrogens with zero attached hydrogens (tertiary/aromatic N) is 4. The maximum absolute atomic E-state index is 13.1. The number of hydrogen-bond acceptors (Lipinski definition) is 9. The Kier molecular flexibility index (Phi) is 7.82. The third kappa shape index (κ3) is 5.14. The minimum Gasteiger partial charge on any atom is -0.383 e. The highest BCUT2D eigenvalue weighted by Crippen LogP contribution is 2.28. The molecule has 3 N–H and O–H groups in total. The highest BCUT2D eigenvalue weighted by atomic mass is 32.2. The number of rotatable bonds is 10. The van der Waals surface area contributed by atoms with Crippen molar-refractivity contribution in [2.24, 2.45) is 0 Å². The number of aromatic nitrogens is 4. The maximum atomic E-state index is 13.1. The van der Waals surface area contributed by atoms with E-state index in [2.05, 4.69) is 15.0 Å². The molecule has 3 rings (SSSR count). The number of thiophene rings is 1. The summed E-state index contributed by atoms with van der Waals surface area (Å²) in [6.45, 7) is 2.65. The maximum Gasteiger partial charge on any atom is 0.330 e. The van der Waals surface area contributed by atoms with E-state index in [9.17, 15) is 14.4 Å². The molecule has 1 amide bonds. The lowest BCUT2D eigenvalue weighted by molar-refractivity contribution is -0.116. The van der Waals surface area contributed by atoms with Crippen molar-refractivity contribution in [3.63, 3.8) is 0 Å². The Morgan fingerprint density at radius 2 is 2.19 bits per heavy atom. The van der Waals surface area contributed by atoms with E-state index in [1.54, 1.807) is 0 Å². The van der Waals surface area contributed by atoms with Crippen molar-refractivity contribution in [2.75, 3.05) is 36.6 Å². The van der Waals surface area contributed by atoms with Crippen LogP contribution in [0.2, 0.25) is 0 Å². The molecule has 0 aliphatic carbocycles. The zero-order chi connectivity index (χ0) is 22.4. The van der Waals surface area contributed by atoms with Crippen LogP contribution in [0.3, 0.4) is 0 Å². The lowest BCUT2D eigenvalue weighted by Gasteiger charge is -2.24. The molecule has 0 bridgehead atoms. The molecule has 0 spiro atoms. The molecule has 10 nitrogen and oxygen atoms in total. The van der Waals surface area contributed by atoms with E-state index in [4.69, 9.17) is 10.5 Å². The summed E-state index contributed by atoms with van der Waals surface area (Å²) in [4.78, 5) is 50.8. The number of H-pyrrole nitrogens is 1. The standard InChI is InChI=1S/C19H24N6O4S2/c1-3-4-6-25-15(20)14(16(27)23-19(25)28)24(7-8-29-2)13(26)10-31-18-12-5-9-30-17(12)21-11-22-18/h5,9,11H,3-4,6-8,10,20H2,1-2H3,(H,23,27,28). The Balaban J connectivity index is 1.91. The number of nitrogens with two attached hydrogens (primary N) is 1. The Hall–Kier alpha value is -2.70. The van der Waals surface area contributed by atoms with Crippen molar-refractivity contribution in [3.05, 3.63) is 38.6 Å². The third-order valence-corrected chi connectivity index (χ3v) is 6.41. The van der Waals surface area contributed by atoms with Gasteiger partial charge in [-0.2, -0.15) is 0 Å². The summed E-state index contributed by atoms with van der Waals surface area (Å²) < 4.78 is 6.40. The van der Waals surface area contributed by atoms with Crippen LogP contribution in [0.5, 0.6) is 0 Å². The van der Waals surface area contributed by atoms with Crippen molar-refractivity contribution in [1.82, 2.24) is 19.5 Å². The number of aromatic amines is 1. The minimum atomic E-state index is -0.702. The van der Waals surface area contributed by atoms with Gasteiger partial charge in [-0.1, -0.05) is 25.1 Å². The summed E-state index contributed by atoms with van der Waals surface area (Å²) in [6.07, 6.45) is 3.02. The normalized spacial score (nSPS) is 11.2. The molecular formula is C19H24N6O4S2. The van der Waals surface area contributed by atoms with E-state index in [0.29, 0.717) is 18.0 Å². The number of anilines is 2. The molecule has 166 valence electrons. The molecule has 0 unspecified atom stereocenters. The van der Waals surface area contributed by atoms with Crippen molar-refractivity contribution >= 4 is 50.7 Å². The number of ether oxygens (including phenoxy) is 1. The van der Waals surface area contributed by atoms with Crippen molar-refractivity contribution in [1.29, 1.82) is 0 Å². The van der Waals surface area contributed by atoms with Crippen molar-refractivity contribution in [3.8, 4) is 0 Å². The van der Waals surface area contributed by atoms with Crippen LogP contribution in [0.25, 0.3) is 10.2 Å². The predicted octanol–water partition coefficient (Wildman–Crippen LogP) is 1.70. The zero-order valence-corrected chi connectivity index (χ0v) is 18.9. The molecule has 0 fully saturated rings. The average molecular weight is 465 g/mol. The van der Waals surface area contributed by atoms with E-state index < -0.39 is 11.2 Å². The number of nitrogen functional groups attached to an aromatic ring is 1. The average Bonchev–Trinajstić information content (AvgIpc) is 3.23. The first-order valence-electron chi connectivity index (χ1n) is 9.70. The molecule has 3 aromatic heterocycles. The molecule has 0 atom stereocenters.